The number of nitro benzene ring substituents is 1. The molecule has 0 spiro atoms. The Hall–Kier alpha value is -3.70. The van der Waals surface area contributed by atoms with Gasteiger partial charge in [0.15, 0.2) is 0 Å². The first-order valence-corrected chi connectivity index (χ1v) is 9.21. The van der Waals surface area contributed by atoms with Crippen molar-refractivity contribution in [3.8, 4) is 17.4 Å². The molecule has 1 heterocycles. The summed E-state index contributed by atoms with van der Waals surface area (Å²) in [5, 5.41) is 22.9. The van der Waals surface area contributed by atoms with E-state index in [1.54, 1.807) is 43.3 Å². The van der Waals surface area contributed by atoms with E-state index >= 15 is 0 Å². The molecule has 8 heteroatoms. The molecule has 0 aliphatic rings. The average Bonchev–Trinajstić information content (AvgIpc) is 3.16. The molecule has 0 radical (unpaired) electrons. The number of aryl methyl sites for hydroxylation is 1. The Kier molecular flexibility index (Phi) is 5.90. The third kappa shape index (κ3) is 4.59. The van der Waals surface area contributed by atoms with E-state index in [9.17, 15) is 20.2 Å². The maximum Gasteiger partial charge on any atom is 0.269 e. The molecule has 0 aliphatic carbocycles. The van der Waals surface area contributed by atoms with E-state index in [-0.39, 0.29) is 11.3 Å². The molecule has 0 fully saturated rings. The first kappa shape index (κ1) is 20.0. The van der Waals surface area contributed by atoms with Gasteiger partial charge in [-0.3, -0.25) is 14.9 Å². The average molecular weight is 452 g/mol. The summed E-state index contributed by atoms with van der Waals surface area (Å²) in [5.74, 6) is 0.229. The summed E-state index contributed by atoms with van der Waals surface area (Å²) in [6, 6.07) is 16.7. The third-order valence-electron chi connectivity index (χ3n) is 4.09. The van der Waals surface area contributed by atoms with Crippen LogP contribution in [0.2, 0.25) is 0 Å². The Morgan fingerprint density at radius 3 is 2.66 bits per heavy atom. The lowest BCUT2D eigenvalue weighted by atomic mass is 10.1. The van der Waals surface area contributed by atoms with Crippen molar-refractivity contribution in [3.05, 3.63) is 86.1 Å². The predicted molar refractivity (Wildman–Crippen MR) is 112 cm³/mol. The van der Waals surface area contributed by atoms with Gasteiger partial charge in [-0.15, -0.1) is 0 Å². The van der Waals surface area contributed by atoms with Gasteiger partial charge in [-0.2, -0.15) is 5.26 Å². The Bertz CT molecular complexity index is 1170. The number of carbonyl (C=O) groups excluding carboxylic acids is 1. The first-order valence-electron chi connectivity index (χ1n) is 8.42. The van der Waals surface area contributed by atoms with Crippen LogP contribution in [0.5, 0.6) is 0 Å². The lowest BCUT2D eigenvalue weighted by Gasteiger charge is -2.05. The van der Waals surface area contributed by atoms with Gasteiger partial charge in [0.2, 0.25) is 0 Å². The van der Waals surface area contributed by atoms with Crippen molar-refractivity contribution in [2.24, 2.45) is 0 Å². The number of rotatable bonds is 5. The fourth-order valence-electron chi connectivity index (χ4n) is 2.66. The highest BCUT2D eigenvalue weighted by Gasteiger charge is 2.14. The second kappa shape index (κ2) is 8.54. The maximum absolute atomic E-state index is 12.4. The molecule has 3 aromatic rings. The number of carbonyl (C=O) groups is 1. The van der Waals surface area contributed by atoms with E-state index in [0.717, 1.165) is 0 Å². The van der Waals surface area contributed by atoms with Crippen LogP contribution in [0.25, 0.3) is 17.4 Å². The summed E-state index contributed by atoms with van der Waals surface area (Å²) in [7, 11) is 0. The number of nitriles is 1. The topological polar surface area (TPSA) is 109 Å². The molecule has 29 heavy (non-hydrogen) atoms. The van der Waals surface area contributed by atoms with Crippen LogP contribution in [0, 0.1) is 28.4 Å². The van der Waals surface area contributed by atoms with Crippen LogP contribution in [-0.4, -0.2) is 10.8 Å². The van der Waals surface area contributed by atoms with Gasteiger partial charge in [-0.25, -0.2) is 0 Å². The summed E-state index contributed by atoms with van der Waals surface area (Å²) >= 11 is 3.33. The van der Waals surface area contributed by atoms with Gasteiger partial charge in [-0.1, -0.05) is 12.1 Å². The normalized spacial score (nSPS) is 11.0. The summed E-state index contributed by atoms with van der Waals surface area (Å²) in [4.78, 5) is 22.8. The number of nitro groups is 1. The molecule has 2 aromatic carbocycles. The fraction of sp³-hybridized carbons (Fsp3) is 0.0476. The molecule has 1 aromatic heterocycles. The zero-order chi connectivity index (χ0) is 21.0. The highest BCUT2D eigenvalue weighted by Crippen LogP contribution is 2.29. The van der Waals surface area contributed by atoms with Crippen molar-refractivity contribution < 1.29 is 14.1 Å². The first-order chi connectivity index (χ1) is 13.9. The Balaban J connectivity index is 1.84. The molecule has 0 saturated heterocycles. The highest BCUT2D eigenvalue weighted by molar-refractivity contribution is 9.10. The van der Waals surface area contributed by atoms with E-state index in [4.69, 9.17) is 4.42 Å². The third-order valence-corrected chi connectivity index (χ3v) is 4.78. The quantitative estimate of drug-likeness (QED) is 0.239. The number of anilines is 1. The van der Waals surface area contributed by atoms with Gasteiger partial charge in [0.1, 0.15) is 23.2 Å². The van der Waals surface area contributed by atoms with Crippen LogP contribution < -0.4 is 5.32 Å². The van der Waals surface area contributed by atoms with Gasteiger partial charge in [0.05, 0.1) is 10.6 Å². The number of non-ortho nitro benzene ring substituents is 1. The fourth-order valence-corrected chi connectivity index (χ4v) is 3.04. The van der Waals surface area contributed by atoms with Gasteiger partial charge >= 0.3 is 0 Å². The van der Waals surface area contributed by atoms with Crippen LogP contribution >= 0.6 is 15.9 Å². The minimum Gasteiger partial charge on any atom is -0.457 e. The highest BCUT2D eigenvalue weighted by atomic mass is 79.9. The van der Waals surface area contributed by atoms with Crippen molar-refractivity contribution in [2.75, 3.05) is 5.32 Å². The number of hydrogen-bond acceptors (Lipinski definition) is 5. The molecular weight excluding hydrogens is 438 g/mol. The standard InChI is InChI=1S/C21H14BrN3O4/c1-13-10-15(25(27)28)6-8-17(13)20-9-7-16(29-20)11-14(12-23)21(26)24-19-5-3-2-4-18(19)22/h2-11H,1H3,(H,24,26)/b14-11+. The summed E-state index contributed by atoms with van der Waals surface area (Å²) in [6.45, 7) is 1.74. The van der Waals surface area contributed by atoms with Gasteiger partial charge < -0.3 is 9.73 Å². The molecule has 0 aliphatic heterocycles. The minimum atomic E-state index is -0.566. The van der Waals surface area contributed by atoms with Crippen LogP contribution in [0.3, 0.4) is 0 Å². The lowest BCUT2D eigenvalue weighted by Crippen LogP contribution is -2.13. The predicted octanol–water partition coefficient (Wildman–Crippen LogP) is 5.47. The molecule has 3 rings (SSSR count). The molecule has 0 unspecified atom stereocenters. The van der Waals surface area contributed by atoms with Crippen molar-refractivity contribution in [1.29, 1.82) is 5.26 Å². The monoisotopic (exact) mass is 451 g/mol. The molecule has 7 nitrogen and oxygen atoms in total. The number of para-hydroxylation sites is 1. The molecule has 0 saturated carbocycles. The maximum atomic E-state index is 12.4. The number of furan rings is 1. The number of benzene rings is 2. The van der Waals surface area contributed by atoms with Crippen LogP contribution in [-0.2, 0) is 4.79 Å². The number of nitrogens with zero attached hydrogens (tertiary/aromatic N) is 2. The van der Waals surface area contributed by atoms with Crippen molar-refractivity contribution in [2.45, 2.75) is 6.92 Å². The van der Waals surface area contributed by atoms with E-state index in [0.29, 0.717) is 32.8 Å². The zero-order valence-corrected chi connectivity index (χ0v) is 16.8. The minimum absolute atomic E-state index is 0.00608. The Labute approximate surface area is 174 Å². The van der Waals surface area contributed by atoms with Crippen LogP contribution in [0.4, 0.5) is 11.4 Å². The Morgan fingerprint density at radius 1 is 1.24 bits per heavy atom. The molecule has 1 amide bonds. The second-order valence-corrected chi connectivity index (χ2v) is 6.92. The van der Waals surface area contributed by atoms with E-state index in [1.165, 1.54) is 18.2 Å². The molecule has 0 atom stereocenters. The van der Waals surface area contributed by atoms with Crippen molar-refractivity contribution in [3.63, 3.8) is 0 Å². The molecule has 144 valence electrons. The number of halogens is 1. The summed E-state index contributed by atoms with van der Waals surface area (Å²) < 4.78 is 6.41. The van der Waals surface area contributed by atoms with Gasteiger partial charge in [-0.05, 0) is 58.7 Å². The van der Waals surface area contributed by atoms with Gasteiger partial charge in [0, 0.05) is 28.2 Å². The smallest absolute Gasteiger partial charge is 0.269 e. The zero-order valence-electron chi connectivity index (χ0n) is 15.2. The van der Waals surface area contributed by atoms with Crippen molar-refractivity contribution >= 4 is 39.3 Å². The molecule has 1 N–H and O–H groups in total. The summed E-state index contributed by atoms with van der Waals surface area (Å²) in [5.41, 5.74) is 1.78. The second-order valence-electron chi connectivity index (χ2n) is 6.06. The van der Waals surface area contributed by atoms with Gasteiger partial charge in [0.25, 0.3) is 11.6 Å². The number of hydrogen-bond donors (Lipinski definition) is 1. The number of nitrogens with one attached hydrogen (secondary N) is 1. The van der Waals surface area contributed by atoms with Crippen molar-refractivity contribution in [1.82, 2.24) is 0 Å². The van der Waals surface area contributed by atoms with Crippen LogP contribution in [0.1, 0.15) is 11.3 Å². The molecular formula is C21H14BrN3O4. The SMILES string of the molecule is Cc1cc([N+](=O)[O-])ccc1-c1ccc(/C=C(\C#N)C(=O)Nc2ccccc2Br)o1. The Morgan fingerprint density at radius 2 is 2.00 bits per heavy atom. The van der Waals surface area contributed by atoms with E-state index in [1.807, 2.05) is 12.1 Å². The van der Waals surface area contributed by atoms with E-state index in [2.05, 4.69) is 21.2 Å². The summed E-state index contributed by atoms with van der Waals surface area (Å²) in [6.07, 6.45) is 1.34. The van der Waals surface area contributed by atoms with E-state index < -0.39 is 10.8 Å². The lowest BCUT2D eigenvalue weighted by molar-refractivity contribution is -0.384. The number of amides is 1. The molecule has 0 bridgehead atoms. The largest absolute Gasteiger partial charge is 0.457 e. The van der Waals surface area contributed by atoms with Crippen LogP contribution in [0.15, 0.2) is 69.1 Å².